The monoisotopic (exact) mass is 512 g/mol. The third-order valence-corrected chi connectivity index (χ3v) is 7.29. The fraction of sp³-hybridized carbons (Fsp3) is 0.346. The van der Waals surface area contributed by atoms with Crippen LogP contribution >= 0.6 is 22.7 Å². The zero-order valence-corrected chi connectivity index (χ0v) is 22.0. The van der Waals surface area contributed by atoms with Crippen molar-refractivity contribution in [2.24, 2.45) is 10.9 Å². The van der Waals surface area contributed by atoms with Crippen LogP contribution in [-0.4, -0.2) is 30.9 Å². The smallest absolute Gasteiger partial charge is 0.338 e. The summed E-state index contributed by atoms with van der Waals surface area (Å²) in [5, 5.41) is 1.93. The zero-order chi connectivity index (χ0) is 25.1. The number of aromatic nitrogens is 1. The van der Waals surface area contributed by atoms with E-state index in [1.54, 1.807) is 18.6 Å². The number of nitrogens with zero attached hydrogens (tertiary/aromatic N) is 2. The maximum absolute atomic E-state index is 13.6. The van der Waals surface area contributed by atoms with Crippen molar-refractivity contribution < 1.29 is 19.0 Å². The summed E-state index contributed by atoms with van der Waals surface area (Å²) in [4.78, 5) is 32.8. The van der Waals surface area contributed by atoms with Gasteiger partial charge in [-0.3, -0.25) is 9.36 Å². The number of carbonyl (C=O) groups is 1. The van der Waals surface area contributed by atoms with Crippen LogP contribution in [0.5, 0.6) is 11.5 Å². The van der Waals surface area contributed by atoms with Crippen molar-refractivity contribution in [2.45, 2.75) is 33.7 Å². The number of fused-ring (bicyclic) bond motifs is 1. The molecule has 0 bridgehead atoms. The van der Waals surface area contributed by atoms with E-state index in [0.717, 1.165) is 10.4 Å². The summed E-state index contributed by atoms with van der Waals surface area (Å²) in [5.41, 5.74) is 1.56. The van der Waals surface area contributed by atoms with Gasteiger partial charge < -0.3 is 14.2 Å². The lowest BCUT2D eigenvalue weighted by molar-refractivity contribution is -0.140. The first-order valence-electron chi connectivity index (χ1n) is 11.4. The zero-order valence-electron chi connectivity index (χ0n) is 20.4. The van der Waals surface area contributed by atoms with Crippen LogP contribution in [0.3, 0.4) is 0 Å². The van der Waals surface area contributed by atoms with Gasteiger partial charge in [0.2, 0.25) is 0 Å². The second-order valence-corrected chi connectivity index (χ2v) is 10.4. The Balaban J connectivity index is 1.83. The number of methoxy groups -OCH3 is 1. The average molecular weight is 513 g/mol. The summed E-state index contributed by atoms with van der Waals surface area (Å²) < 4.78 is 18.7. The molecule has 0 N–H and O–H groups in total. The van der Waals surface area contributed by atoms with Gasteiger partial charge in [0.1, 0.15) is 6.04 Å². The molecule has 0 unspecified atom stereocenters. The van der Waals surface area contributed by atoms with Crippen LogP contribution < -0.4 is 24.4 Å². The first kappa shape index (κ1) is 24.9. The molecule has 9 heteroatoms. The van der Waals surface area contributed by atoms with Gasteiger partial charge in [-0.25, -0.2) is 9.79 Å². The molecule has 0 amide bonds. The van der Waals surface area contributed by atoms with Crippen molar-refractivity contribution >= 4 is 34.7 Å². The van der Waals surface area contributed by atoms with Crippen LogP contribution in [0, 0.1) is 5.92 Å². The maximum atomic E-state index is 13.6. The predicted octanol–water partition coefficient (Wildman–Crippen LogP) is 3.90. The number of thiazole rings is 1. The first-order chi connectivity index (χ1) is 16.8. The fourth-order valence-corrected chi connectivity index (χ4v) is 5.69. The van der Waals surface area contributed by atoms with E-state index in [1.807, 2.05) is 62.6 Å². The Hall–Kier alpha value is -3.17. The van der Waals surface area contributed by atoms with Crippen molar-refractivity contribution in [1.82, 2.24) is 4.57 Å². The average Bonchev–Trinajstić information content (AvgIpc) is 3.46. The number of hydrogen-bond acceptors (Lipinski definition) is 8. The molecule has 7 nitrogen and oxygen atoms in total. The minimum Gasteiger partial charge on any atom is -0.493 e. The molecule has 0 radical (unpaired) electrons. The molecular weight excluding hydrogens is 484 g/mol. The van der Waals surface area contributed by atoms with E-state index in [-0.39, 0.29) is 11.5 Å². The summed E-state index contributed by atoms with van der Waals surface area (Å²) in [6.45, 7) is 8.50. The van der Waals surface area contributed by atoms with Gasteiger partial charge in [-0.05, 0) is 55.0 Å². The molecule has 0 saturated heterocycles. The van der Waals surface area contributed by atoms with Gasteiger partial charge >= 0.3 is 5.97 Å². The molecule has 0 fully saturated rings. The van der Waals surface area contributed by atoms with Crippen LogP contribution in [0.15, 0.2) is 56.8 Å². The van der Waals surface area contributed by atoms with Gasteiger partial charge in [-0.15, -0.1) is 11.3 Å². The quantitative estimate of drug-likeness (QED) is 0.428. The van der Waals surface area contributed by atoms with Crippen molar-refractivity contribution in [3.63, 3.8) is 0 Å². The fourth-order valence-electron chi connectivity index (χ4n) is 3.82. The normalized spacial score (nSPS) is 15.7. The van der Waals surface area contributed by atoms with Crippen LogP contribution in [0.2, 0.25) is 0 Å². The standard InChI is InChI=1S/C26H28N2O5S2/c1-6-32-18-10-9-17(12-19(18)31-5)13-21-24(29)28-23(20-8-7-11-34-20)22(16(4)27-26(28)35-21)25(30)33-14-15(2)3/h7-13,15,23H,6,14H2,1-5H3/b21-13+/t23-/m0/s1. The maximum Gasteiger partial charge on any atom is 0.338 e. The Bertz CT molecular complexity index is 1430. The highest BCUT2D eigenvalue weighted by Gasteiger charge is 2.34. The van der Waals surface area contributed by atoms with E-state index in [9.17, 15) is 9.59 Å². The minimum atomic E-state index is -0.581. The summed E-state index contributed by atoms with van der Waals surface area (Å²) in [5.74, 6) is 0.999. The second-order valence-electron chi connectivity index (χ2n) is 8.43. The van der Waals surface area contributed by atoms with Crippen LogP contribution in [0.4, 0.5) is 0 Å². The molecule has 1 aromatic carbocycles. The highest BCUT2D eigenvalue weighted by Crippen LogP contribution is 2.33. The van der Waals surface area contributed by atoms with Crippen molar-refractivity contribution in [3.05, 3.63) is 77.1 Å². The number of hydrogen-bond donors (Lipinski definition) is 0. The Morgan fingerprint density at radius 1 is 1.26 bits per heavy atom. The molecule has 0 saturated carbocycles. The number of thiophene rings is 1. The Morgan fingerprint density at radius 2 is 2.06 bits per heavy atom. The molecule has 35 heavy (non-hydrogen) atoms. The molecule has 0 aliphatic carbocycles. The van der Waals surface area contributed by atoms with Gasteiger partial charge in [0.05, 0.1) is 36.1 Å². The van der Waals surface area contributed by atoms with Gasteiger partial charge in [0, 0.05) is 4.88 Å². The number of carbonyl (C=O) groups excluding carboxylic acids is 1. The number of rotatable bonds is 8. The van der Waals surface area contributed by atoms with Crippen molar-refractivity contribution in [3.8, 4) is 11.5 Å². The topological polar surface area (TPSA) is 79.1 Å². The molecule has 3 heterocycles. The van der Waals surface area contributed by atoms with Gasteiger partial charge in [-0.1, -0.05) is 37.3 Å². The highest BCUT2D eigenvalue weighted by molar-refractivity contribution is 7.10. The van der Waals surface area contributed by atoms with E-state index in [2.05, 4.69) is 4.99 Å². The molecule has 3 aromatic rings. The number of allylic oxidation sites excluding steroid dienone is 1. The molecule has 1 aliphatic rings. The second kappa shape index (κ2) is 10.6. The Kier molecular flexibility index (Phi) is 7.57. The summed E-state index contributed by atoms with van der Waals surface area (Å²) in [7, 11) is 1.58. The number of ether oxygens (including phenoxy) is 3. The van der Waals surface area contributed by atoms with E-state index in [1.165, 1.54) is 22.7 Å². The third-order valence-electron chi connectivity index (χ3n) is 5.39. The molecular formula is C26H28N2O5S2. The summed E-state index contributed by atoms with van der Waals surface area (Å²) in [6.07, 6.45) is 1.81. The molecule has 184 valence electrons. The number of esters is 1. The van der Waals surface area contributed by atoms with Gasteiger partial charge in [-0.2, -0.15) is 0 Å². The van der Waals surface area contributed by atoms with Crippen LogP contribution in [-0.2, 0) is 9.53 Å². The van der Waals surface area contributed by atoms with E-state index < -0.39 is 12.0 Å². The minimum absolute atomic E-state index is 0.201. The largest absolute Gasteiger partial charge is 0.493 e. The first-order valence-corrected chi connectivity index (χ1v) is 13.1. The Labute approximate surface area is 211 Å². The van der Waals surface area contributed by atoms with E-state index in [4.69, 9.17) is 14.2 Å². The lowest BCUT2D eigenvalue weighted by atomic mass is 10.0. The molecule has 1 aliphatic heterocycles. The molecule has 4 rings (SSSR count). The SMILES string of the molecule is CCOc1ccc(/C=c2/sc3n(c2=O)[C@@H](c2cccs2)C(C(=O)OCC(C)C)=C(C)N=3)cc1OC. The highest BCUT2D eigenvalue weighted by atomic mass is 32.1. The molecule has 2 aromatic heterocycles. The lowest BCUT2D eigenvalue weighted by Crippen LogP contribution is -2.39. The molecule has 0 spiro atoms. The lowest BCUT2D eigenvalue weighted by Gasteiger charge is -2.23. The van der Waals surface area contributed by atoms with Crippen molar-refractivity contribution in [1.29, 1.82) is 0 Å². The van der Waals surface area contributed by atoms with Crippen molar-refractivity contribution in [2.75, 3.05) is 20.3 Å². The van der Waals surface area contributed by atoms with Crippen LogP contribution in [0.25, 0.3) is 6.08 Å². The number of benzene rings is 1. The summed E-state index contributed by atoms with van der Waals surface area (Å²) >= 11 is 2.79. The summed E-state index contributed by atoms with van der Waals surface area (Å²) in [6, 6.07) is 8.80. The predicted molar refractivity (Wildman–Crippen MR) is 138 cm³/mol. The van der Waals surface area contributed by atoms with E-state index in [0.29, 0.717) is 45.3 Å². The Morgan fingerprint density at radius 3 is 2.71 bits per heavy atom. The van der Waals surface area contributed by atoms with Gasteiger partial charge in [0.15, 0.2) is 16.3 Å². The molecule has 1 atom stereocenters. The van der Waals surface area contributed by atoms with E-state index >= 15 is 0 Å². The van der Waals surface area contributed by atoms with Crippen LogP contribution in [0.1, 0.15) is 44.2 Å². The third kappa shape index (κ3) is 5.11. The van der Waals surface area contributed by atoms with Gasteiger partial charge in [0.25, 0.3) is 5.56 Å².